The fourth-order valence-electron chi connectivity index (χ4n) is 1.73. The van der Waals surface area contributed by atoms with Crippen LogP contribution in [0.25, 0.3) is 0 Å². The second-order valence-corrected chi connectivity index (χ2v) is 5.12. The smallest absolute Gasteiger partial charge is 0.208 e. The van der Waals surface area contributed by atoms with E-state index in [9.17, 15) is 0 Å². The first-order chi connectivity index (χ1) is 8.69. The standard InChI is InChI=1S/C14H18N2OS/c1-10-8-16-14(17-10)9-15-11(2)12-4-6-13(18-3)7-5-12/h4-8,11,15H,9H2,1-3H3. The van der Waals surface area contributed by atoms with Crippen LogP contribution in [0.4, 0.5) is 0 Å². The van der Waals surface area contributed by atoms with Crippen LogP contribution in [0.15, 0.2) is 39.8 Å². The van der Waals surface area contributed by atoms with Gasteiger partial charge in [0.1, 0.15) is 5.76 Å². The SMILES string of the molecule is CSc1ccc(C(C)NCc2ncc(C)o2)cc1. The monoisotopic (exact) mass is 262 g/mol. The fraction of sp³-hybridized carbons (Fsp3) is 0.357. The van der Waals surface area contributed by atoms with E-state index in [1.54, 1.807) is 18.0 Å². The molecule has 0 fully saturated rings. The number of nitrogens with one attached hydrogen (secondary N) is 1. The summed E-state index contributed by atoms with van der Waals surface area (Å²) in [6, 6.07) is 8.89. The normalized spacial score (nSPS) is 12.6. The molecular weight excluding hydrogens is 244 g/mol. The molecule has 0 spiro atoms. The lowest BCUT2D eigenvalue weighted by molar-refractivity contribution is 0.432. The molecule has 0 amide bonds. The Kier molecular flexibility index (Phi) is 4.44. The molecule has 1 aromatic heterocycles. The van der Waals surface area contributed by atoms with E-state index < -0.39 is 0 Å². The van der Waals surface area contributed by atoms with Gasteiger partial charge < -0.3 is 9.73 Å². The van der Waals surface area contributed by atoms with E-state index in [4.69, 9.17) is 4.42 Å². The van der Waals surface area contributed by atoms with Crippen LogP contribution in [0, 0.1) is 6.92 Å². The number of aryl methyl sites for hydroxylation is 1. The van der Waals surface area contributed by atoms with Crippen LogP contribution in [0.3, 0.4) is 0 Å². The van der Waals surface area contributed by atoms with Crippen LogP contribution in [0.1, 0.15) is 30.2 Å². The van der Waals surface area contributed by atoms with Gasteiger partial charge in [-0.15, -0.1) is 11.8 Å². The van der Waals surface area contributed by atoms with Crippen molar-refractivity contribution in [3.63, 3.8) is 0 Å². The lowest BCUT2D eigenvalue weighted by atomic mass is 10.1. The molecule has 0 aliphatic carbocycles. The van der Waals surface area contributed by atoms with Crippen LogP contribution in [-0.2, 0) is 6.54 Å². The molecule has 18 heavy (non-hydrogen) atoms. The van der Waals surface area contributed by atoms with Crippen molar-refractivity contribution in [2.24, 2.45) is 0 Å². The maximum atomic E-state index is 5.43. The third-order valence-corrected chi connectivity index (χ3v) is 3.59. The second kappa shape index (κ2) is 6.07. The molecule has 1 N–H and O–H groups in total. The molecule has 96 valence electrons. The van der Waals surface area contributed by atoms with Crippen molar-refractivity contribution >= 4 is 11.8 Å². The van der Waals surface area contributed by atoms with Crippen LogP contribution in [0.2, 0.25) is 0 Å². The zero-order valence-electron chi connectivity index (χ0n) is 10.9. The van der Waals surface area contributed by atoms with Gasteiger partial charge in [0.25, 0.3) is 0 Å². The summed E-state index contributed by atoms with van der Waals surface area (Å²) in [6.07, 6.45) is 3.83. The van der Waals surface area contributed by atoms with E-state index >= 15 is 0 Å². The molecule has 0 radical (unpaired) electrons. The Labute approximate surface area is 112 Å². The van der Waals surface area contributed by atoms with Gasteiger partial charge in [0.05, 0.1) is 12.7 Å². The van der Waals surface area contributed by atoms with Crippen LogP contribution in [0.5, 0.6) is 0 Å². The summed E-state index contributed by atoms with van der Waals surface area (Å²) in [7, 11) is 0. The molecule has 1 unspecified atom stereocenters. The van der Waals surface area contributed by atoms with Crippen LogP contribution >= 0.6 is 11.8 Å². The molecule has 1 aromatic carbocycles. The largest absolute Gasteiger partial charge is 0.445 e. The Morgan fingerprint density at radius 3 is 2.61 bits per heavy atom. The van der Waals surface area contributed by atoms with Gasteiger partial charge in [-0.3, -0.25) is 0 Å². The molecule has 1 atom stereocenters. The minimum absolute atomic E-state index is 0.285. The lowest BCUT2D eigenvalue weighted by Gasteiger charge is -2.13. The first kappa shape index (κ1) is 13.2. The van der Waals surface area contributed by atoms with Crippen molar-refractivity contribution < 1.29 is 4.42 Å². The highest BCUT2D eigenvalue weighted by Gasteiger charge is 2.07. The third kappa shape index (κ3) is 3.37. The van der Waals surface area contributed by atoms with Gasteiger partial charge >= 0.3 is 0 Å². The van der Waals surface area contributed by atoms with Gasteiger partial charge in [-0.2, -0.15) is 0 Å². The first-order valence-electron chi connectivity index (χ1n) is 5.97. The summed E-state index contributed by atoms with van der Waals surface area (Å²) in [5.74, 6) is 1.59. The molecule has 0 bridgehead atoms. The molecule has 0 saturated carbocycles. The highest BCUT2D eigenvalue weighted by molar-refractivity contribution is 7.98. The maximum absolute atomic E-state index is 5.43. The predicted molar refractivity (Wildman–Crippen MR) is 74.7 cm³/mol. The van der Waals surface area contributed by atoms with Crippen molar-refractivity contribution in [3.05, 3.63) is 47.7 Å². The average molecular weight is 262 g/mol. The molecular formula is C14H18N2OS. The van der Waals surface area contributed by atoms with Gasteiger partial charge in [0.2, 0.25) is 5.89 Å². The van der Waals surface area contributed by atoms with E-state index in [2.05, 4.69) is 47.7 Å². The van der Waals surface area contributed by atoms with Crippen molar-refractivity contribution in [2.45, 2.75) is 31.3 Å². The Balaban J connectivity index is 1.92. The fourth-order valence-corrected chi connectivity index (χ4v) is 2.14. The highest BCUT2D eigenvalue weighted by Crippen LogP contribution is 2.19. The van der Waals surface area contributed by atoms with Crippen molar-refractivity contribution in [1.29, 1.82) is 0 Å². The Bertz CT molecular complexity index is 493. The van der Waals surface area contributed by atoms with Gasteiger partial charge in [-0.25, -0.2) is 4.98 Å². The van der Waals surface area contributed by atoms with E-state index in [0.717, 1.165) is 11.7 Å². The Morgan fingerprint density at radius 2 is 2.06 bits per heavy atom. The maximum Gasteiger partial charge on any atom is 0.208 e. The van der Waals surface area contributed by atoms with E-state index in [0.29, 0.717) is 6.54 Å². The predicted octanol–water partition coefficient (Wildman–Crippen LogP) is 3.56. The molecule has 3 nitrogen and oxygen atoms in total. The van der Waals surface area contributed by atoms with Crippen molar-refractivity contribution in [1.82, 2.24) is 10.3 Å². The van der Waals surface area contributed by atoms with Crippen LogP contribution < -0.4 is 5.32 Å². The summed E-state index contributed by atoms with van der Waals surface area (Å²) >= 11 is 1.76. The average Bonchev–Trinajstić information content (AvgIpc) is 2.82. The number of nitrogens with zero attached hydrogens (tertiary/aromatic N) is 1. The molecule has 0 aliphatic heterocycles. The minimum Gasteiger partial charge on any atom is -0.445 e. The molecule has 1 heterocycles. The van der Waals surface area contributed by atoms with E-state index in [-0.39, 0.29) is 6.04 Å². The molecule has 4 heteroatoms. The molecule has 0 aliphatic rings. The van der Waals surface area contributed by atoms with Crippen molar-refractivity contribution in [2.75, 3.05) is 6.26 Å². The molecule has 0 saturated heterocycles. The number of hydrogen-bond acceptors (Lipinski definition) is 4. The summed E-state index contributed by atoms with van der Waals surface area (Å²) < 4.78 is 5.43. The molecule has 2 rings (SSSR count). The van der Waals surface area contributed by atoms with Gasteiger partial charge in [-0.1, -0.05) is 12.1 Å². The van der Waals surface area contributed by atoms with Crippen LogP contribution in [-0.4, -0.2) is 11.2 Å². The zero-order valence-corrected chi connectivity index (χ0v) is 11.8. The highest BCUT2D eigenvalue weighted by atomic mass is 32.2. The quantitative estimate of drug-likeness (QED) is 0.836. The summed E-state index contributed by atoms with van der Waals surface area (Å²) in [5, 5.41) is 3.40. The van der Waals surface area contributed by atoms with Crippen molar-refractivity contribution in [3.8, 4) is 0 Å². The second-order valence-electron chi connectivity index (χ2n) is 4.24. The van der Waals surface area contributed by atoms with Gasteiger partial charge in [0, 0.05) is 10.9 Å². The Hall–Kier alpha value is -1.26. The zero-order chi connectivity index (χ0) is 13.0. The third-order valence-electron chi connectivity index (χ3n) is 2.84. The summed E-state index contributed by atoms with van der Waals surface area (Å²) in [5.41, 5.74) is 1.27. The number of aromatic nitrogens is 1. The number of thioether (sulfide) groups is 1. The Morgan fingerprint density at radius 1 is 1.33 bits per heavy atom. The summed E-state index contributed by atoms with van der Waals surface area (Å²) in [4.78, 5) is 5.46. The lowest BCUT2D eigenvalue weighted by Crippen LogP contribution is -2.18. The van der Waals surface area contributed by atoms with E-state index in [1.165, 1.54) is 10.5 Å². The van der Waals surface area contributed by atoms with E-state index in [1.807, 2.05) is 6.92 Å². The van der Waals surface area contributed by atoms with Gasteiger partial charge in [0.15, 0.2) is 0 Å². The number of benzene rings is 1. The topological polar surface area (TPSA) is 38.1 Å². The molecule has 2 aromatic rings. The first-order valence-corrected chi connectivity index (χ1v) is 7.20. The van der Waals surface area contributed by atoms with Gasteiger partial charge in [-0.05, 0) is 37.8 Å². The number of hydrogen-bond donors (Lipinski definition) is 1. The summed E-state index contributed by atoms with van der Waals surface area (Å²) in [6.45, 7) is 4.70. The minimum atomic E-state index is 0.285. The number of rotatable bonds is 5. The number of oxazole rings is 1.